The quantitative estimate of drug-likeness (QED) is 0.748. The number of rotatable bonds is 5. The molecule has 0 saturated heterocycles. The fourth-order valence-corrected chi connectivity index (χ4v) is 1.63. The van der Waals surface area contributed by atoms with Crippen molar-refractivity contribution in [2.45, 2.75) is 12.8 Å². The van der Waals surface area contributed by atoms with Gasteiger partial charge in [0.25, 0.3) is 0 Å². The maximum absolute atomic E-state index is 5.44. The van der Waals surface area contributed by atoms with Crippen LogP contribution in [0.5, 0.6) is 0 Å². The molecule has 4 nitrogen and oxygen atoms in total. The third kappa shape index (κ3) is 2.46. The van der Waals surface area contributed by atoms with Gasteiger partial charge in [-0.2, -0.15) is 5.10 Å². The zero-order valence-electron chi connectivity index (χ0n) is 9.19. The number of anilines is 1. The van der Waals surface area contributed by atoms with Crippen LogP contribution in [0.2, 0.25) is 0 Å². The molecule has 0 radical (unpaired) electrons. The van der Waals surface area contributed by atoms with Crippen LogP contribution in [0.1, 0.15) is 12.8 Å². The van der Waals surface area contributed by atoms with Gasteiger partial charge >= 0.3 is 0 Å². The summed E-state index contributed by atoms with van der Waals surface area (Å²) in [4.78, 5) is 0. The standard InChI is InChI=1S/C12H16N4/c13-7-3-4-8-14-12-11-6-2-1-5-10(11)9-15-16-12/h1-2,5-6,9H,3-4,7-8,13H2,(H,14,16). The van der Waals surface area contributed by atoms with Gasteiger partial charge in [0.15, 0.2) is 5.82 Å². The zero-order chi connectivity index (χ0) is 11.2. The van der Waals surface area contributed by atoms with Gasteiger partial charge in [-0.05, 0) is 19.4 Å². The second kappa shape index (κ2) is 5.42. The number of aromatic nitrogens is 2. The Morgan fingerprint density at radius 3 is 2.94 bits per heavy atom. The maximum Gasteiger partial charge on any atom is 0.156 e. The highest BCUT2D eigenvalue weighted by molar-refractivity contribution is 5.90. The Morgan fingerprint density at radius 2 is 2.06 bits per heavy atom. The Bertz CT molecular complexity index is 450. The normalized spacial score (nSPS) is 10.6. The lowest BCUT2D eigenvalue weighted by atomic mass is 10.2. The fourth-order valence-electron chi connectivity index (χ4n) is 1.63. The van der Waals surface area contributed by atoms with E-state index in [0.29, 0.717) is 0 Å². The molecule has 1 aromatic carbocycles. The lowest BCUT2D eigenvalue weighted by molar-refractivity contribution is 0.771. The van der Waals surface area contributed by atoms with Gasteiger partial charge in [0.2, 0.25) is 0 Å². The first kappa shape index (κ1) is 10.8. The molecule has 4 heteroatoms. The molecule has 0 fully saturated rings. The van der Waals surface area contributed by atoms with E-state index in [1.165, 1.54) is 0 Å². The van der Waals surface area contributed by atoms with Gasteiger partial charge in [-0.25, -0.2) is 0 Å². The van der Waals surface area contributed by atoms with Crippen molar-refractivity contribution >= 4 is 16.6 Å². The van der Waals surface area contributed by atoms with Crippen LogP contribution in [0.25, 0.3) is 10.8 Å². The minimum Gasteiger partial charge on any atom is -0.368 e. The summed E-state index contributed by atoms with van der Waals surface area (Å²) in [5, 5.41) is 13.6. The second-order valence-electron chi connectivity index (χ2n) is 3.70. The Labute approximate surface area is 94.9 Å². The summed E-state index contributed by atoms with van der Waals surface area (Å²) in [6, 6.07) is 8.10. The van der Waals surface area contributed by atoms with Crippen molar-refractivity contribution < 1.29 is 0 Å². The zero-order valence-corrected chi connectivity index (χ0v) is 9.19. The lowest BCUT2D eigenvalue weighted by Gasteiger charge is -2.06. The van der Waals surface area contributed by atoms with E-state index in [2.05, 4.69) is 21.6 Å². The third-order valence-corrected chi connectivity index (χ3v) is 2.49. The largest absolute Gasteiger partial charge is 0.368 e. The Balaban J connectivity index is 2.11. The molecule has 0 amide bonds. The molecule has 0 saturated carbocycles. The van der Waals surface area contributed by atoms with Crippen LogP contribution in [0, 0.1) is 0 Å². The third-order valence-electron chi connectivity index (χ3n) is 2.49. The van der Waals surface area contributed by atoms with Crippen LogP contribution >= 0.6 is 0 Å². The molecule has 84 valence electrons. The summed E-state index contributed by atoms with van der Waals surface area (Å²) in [7, 11) is 0. The number of nitrogens with zero attached hydrogens (tertiary/aromatic N) is 2. The molecule has 2 rings (SSSR count). The SMILES string of the molecule is NCCCCNc1nncc2ccccc12. The van der Waals surface area contributed by atoms with E-state index in [1.54, 1.807) is 6.20 Å². The molecule has 16 heavy (non-hydrogen) atoms. The fraction of sp³-hybridized carbons (Fsp3) is 0.333. The minimum atomic E-state index is 0.739. The first-order valence-corrected chi connectivity index (χ1v) is 5.56. The first-order valence-electron chi connectivity index (χ1n) is 5.56. The number of nitrogens with two attached hydrogens (primary N) is 1. The predicted octanol–water partition coefficient (Wildman–Crippen LogP) is 1.78. The first-order chi connectivity index (χ1) is 7.92. The van der Waals surface area contributed by atoms with Crippen LogP contribution in [0.3, 0.4) is 0 Å². The summed E-state index contributed by atoms with van der Waals surface area (Å²) in [6.45, 7) is 1.63. The molecule has 0 spiro atoms. The topological polar surface area (TPSA) is 63.8 Å². The summed E-state index contributed by atoms with van der Waals surface area (Å²) >= 11 is 0. The van der Waals surface area contributed by atoms with Crippen molar-refractivity contribution in [1.29, 1.82) is 0 Å². The number of benzene rings is 1. The monoisotopic (exact) mass is 216 g/mol. The van der Waals surface area contributed by atoms with Gasteiger partial charge < -0.3 is 11.1 Å². The van der Waals surface area contributed by atoms with E-state index in [1.807, 2.05) is 18.2 Å². The molecule has 1 aromatic heterocycles. The van der Waals surface area contributed by atoms with Gasteiger partial charge in [0.05, 0.1) is 6.20 Å². The van der Waals surface area contributed by atoms with E-state index >= 15 is 0 Å². The van der Waals surface area contributed by atoms with E-state index < -0.39 is 0 Å². The average Bonchev–Trinajstić information content (AvgIpc) is 2.35. The summed E-state index contributed by atoms with van der Waals surface area (Å²) in [5.41, 5.74) is 5.44. The molecule has 0 unspecified atom stereocenters. The highest BCUT2D eigenvalue weighted by Crippen LogP contribution is 2.18. The number of hydrogen-bond acceptors (Lipinski definition) is 4. The van der Waals surface area contributed by atoms with Crippen molar-refractivity contribution in [2.24, 2.45) is 5.73 Å². The molecule has 0 aliphatic carbocycles. The van der Waals surface area contributed by atoms with E-state index in [9.17, 15) is 0 Å². The number of fused-ring (bicyclic) bond motifs is 1. The number of hydrogen-bond donors (Lipinski definition) is 2. The molecule has 1 heterocycles. The Kier molecular flexibility index (Phi) is 3.66. The van der Waals surface area contributed by atoms with Crippen LogP contribution in [-0.2, 0) is 0 Å². The van der Waals surface area contributed by atoms with Gasteiger partial charge in [0.1, 0.15) is 0 Å². The van der Waals surface area contributed by atoms with Gasteiger partial charge in [0, 0.05) is 17.3 Å². The van der Waals surface area contributed by atoms with Gasteiger partial charge in [-0.1, -0.05) is 24.3 Å². The van der Waals surface area contributed by atoms with E-state index in [4.69, 9.17) is 5.73 Å². The predicted molar refractivity (Wildman–Crippen MR) is 66.3 cm³/mol. The van der Waals surface area contributed by atoms with Crippen molar-refractivity contribution in [3.05, 3.63) is 30.5 Å². The molecule has 0 bridgehead atoms. The van der Waals surface area contributed by atoms with Crippen molar-refractivity contribution in [3.8, 4) is 0 Å². The molecular formula is C12H16N4. The van der Waals surface area contributed by atoms with E-state index in [0.717, 1.165) is 42.5 Å². The maximum atomic E-state index is 5.44. The lowest BCUT2D eigenvalue weighted by Crippen LogP contribution is -2.07. The summed E-state index contributed by atoms with van der Waals surface area (Å²) in [5.74, 6) is 0.857. The highest BCUT2D eigenvalue weighted by atomic mass is 15.2. The van der Waals surface area contributed by atoms with Gasteiger partial charge in [-0.3, -0.25) is 0 Å². The summed E-state index contributed by atoms with van der Waals surface area (Å²) in [6.07, 6.45) is 3.87. The summed E-state index contributed by atoms with van der Waals surface area (Å²) < 4.78 is 0. The van der Waals surface area contributed by atoms with Crippen molar-refractivity contribution in [3.63, 3.8) is 0 Å². The van der Waals surface area contributed by atoms with Crippen molar-refractivity contribution in [2.75, 3.05) is 18.4 Å². The number of nitrogens with one attached hydrogen (secondary N) is 1. The Morgan fingerprint density at radius 1 is 1.19 bits per heavy atom. The van der Waals surface area contributed by atoms with Crippen LogP contribution in [0.4, 0.5) is 5.82 Å². The molecule has 0 aliphatic rings. The molecule has 3 N–H and O–H groups in total. The van der Waals surface area contributed by atoms with Crippen LogP contribution in [0.15, 0.2) is 30.5 Å². The highest BCUT2D eigenvalue weighted by Gasteiger charge is 2.00. The van der Waals surface area contributed by atoms with Crippen LogP contribution in [-0.4, -0.2) is 23.3 Å². The van der Waals surface area contributed by atoms with Crippen LogP contribution < -0.4 is 11.1 Å². The average molecular weight is 216 g/mol. The molecule has 0 atom stereocenters. The second-order valence-corrected chi connectivity index (χ2v) is 3.70. The Hall–Kier alpha value is -1.68. The smallest absolute Gasteiger partial charge is 0.156 e. The van der Waals surface area contributed by atoms with Crippen molar-refractivity contribution in [1.82, 2.24) is 10.2 Å². The molecule has 0 aliphatic heterocycles. The van der Waals surface area contributed by atoms with Gasteiger partial charge in [-0.15, -0.1) is 5.10 Å². The molecular weight excluding hydrogens is 200 g/mol. The number of unbranched alkanes of at least 4 members (excludes halogenated alkanes) is 1. The van der Waals surface area contributed by atoms with E-state index in [-0.39, 0.29) is 0 Å². The molecule has 2 aromatic rings. The minimum absolute atomic E-state index is 0.739.